The van der Waals surface area contributed by atoms with Crippen molar-refractivity contribution in [2.45, 2.75) is 19.4 Å². The molecule has 0 spiro atoms. The van der Waals surface area contributed by atoms with E-state index in [0.717, 1.165) is 0 Å². The van der Waals surface area contributed by atoms with E-state index in [-0.39, 0.29) is 45.8 Å². The van der Waals surface area contributed by atoms with Crippen LogP contribution in [0.5, 0.6) is 0 Å². The van der Waals surface area contributed by atoms with Crippen molar-refractivity contribution >= 4 is 12.1 Å². The van der Waals surface area contributed by atoms with E-state index in [1.807, 2.05) is 13.0 Å². The molecule has 0 bridgehead atoms. The molecule has 11 heteroatoms. The fourth-order valence-electron chi connectivity index (χ4n) is 1.39. The van der Waals surface area contributed by atoms with Gasteiger partial charge in [0.2, 0.25) is 0 Å². The SMILES string of the molecule is CCOC(C#CC=O)CC(=O)c1ccccc1.[C-]#[O+].[C-]#[O+].[C-]#[O+].[C-]#[O+].[C-]#[O+].[C-]#[O+].[Co].[Co]. The van der Waals surface area contributed by atoms with E-state index in [1.165, 1.54) is 0 Å². The fraction of sp³-hybridized carbons (Fsp3) is 0.200. The van der Waals surface area contributed by atoms with Crippen LogP contribution in [0.25, 0.3) is 0 Å². The number of carbonyl (C=O) groups is 2. The number of ketones is 1. The van der Waals surface area contributed by atoms with Gasteiger partial charge in [0.1, 0.15) is 6.10 Å². The molecule has 31 heavy (non-hydrogen) atoms. The molecule has 1 aromatic rings. The van der Waals surface area contributed by atoms with Crippen molar-refractivity contribution in [3.05, 3.63) is 75.8 Å². The van der Waals surface area contributed by atoms with Crippen LogP contribution in [-0.2, 0) is 71.0 Å². The van der Waals surface area contributed by atoms with Gasteiger partial charge >= 0.3 is 67.8 Å². The van der Waals surface area contributed by atoms with Crippen molar-refractivity contribution < 1.29 is 75.8 Å². The van der Waals surface area contributed by atoms with E-state index in [9.17, 15) is 9.59 Å². The molecule has 166 valence electrons. The van der Waals surface area contributed by atoms with Crippen molar-refractivity contribution in [1.29, 1.82) is 0 Å². The largest absolute Gasteiger partial charge is 0 e. The summed E-state index contributed by atoms with van der Waals surface area (Å²) in [5, 5.41) is 0. The first kappa shape index (κ1) is 51.3. The van der Waals surface area contributed by atoms with Gasteiger partial charge in [-0.15, -0.1) is 0 Å². The van der Waals surface area contributed by atoms with E-state index in [0.29, 0.717) is 18.5 Å². The van der Waals surface area contributed by atoms with Crippen LogP contribution in [-0.4, -0.2) is 24.8 Å². The Labute approximate surface area is 201 Å². The summed E-state index contributed by atoms with van der Waals surface area (Å²) in [7, 11) is 0. The maximum absolute atomic E-state index is 11.9. The molecular weight excluding hydrogens is 502 g/mol. The summed E-state index contributed by atoms with van der Waals surface area (Å²) < 4.78 is 50.3. The maximum atomic E-state index is 11.9. The van der Waals surface area contributed by atoms with Crippen molar-refractivity contribution in [2.24, 2.45) is 0 Å². The minimum absolute atomic E-state index is 0. The summed E-state index contributed by atoms with van der Waals surface area (Å²) in [4.78, 5) is 22.0. The number of hydrogen-bond donors (Lipinski definition) is 0. The second-order valence-electron chi connectivity index (χ2n) is 3.34. The van der Waals surface area contributed by atoms with Crippen LogP contribution in [0, 0.1) is 51.7 Å². The van der Waals surface area contributed by atoms with Gasteiger partial charge in [-0.1, -0.05) is 36.3 Å². The summed E-state index contributed by atoms with van der Waals surface area (Å²) in [5.74, 6) is 4.85. The first-order valence-corrected chi connectivity index (χ1v) is 6.65. The van der Waals surface area contributed by atoms with Crippen molar-refractivity contribution in [3.63, 3.8) is 0 Å². The van der Waals surface area contributed by atoms with Crippen LogP contribution in [0.2, 0.25) is 0 Å². The summed E-state index contributed by atoms with van der Waals surface area (Å²) in [6.45, 7) is 29.3. The van der Waals surface area contributed by atoms with Crippen LogP contribution in [0.1, 0.15) is 23.7 Å². The molecule has 1 unspecified atom stereocenters. The summed E-state index contributed by atoms with van der Waals surface area (Å²) in [5.41, 5.74) is 0.630. The molecule has 0 saturated heterocycles. The number of ether oxygens (including phenoxy) is 1. The average Bonchev–Trinajstić information content (AvgIpc) is 2.86. The van der Waals surface area contributed by atoms with Gasteiger partial charge in [0.05, 0.1) is 0 Å². The Balaban J connectivity index is -0.0000000545. The minimum Gasteiger partial charge on any atom is 0 e. The third-order valence-corrected chi connectivity index (χ3v) is 2.14. The standard InChI is InChI=1S/C14H14O3.6CO.2Co/c1-2-17-13(9-6-10-15)11-14(16)12-7-4-3-5-8-12;6*1-2;;/h3-5,7-8,10,13H,2,11H2,1H3;;;;;;;;. The molecule has 2 radical (unpaired) electrons. The third kappa shape index (κ3) is 42.6. The molecule has 0 fully saturated rings. The van der Waals surface area contributed by atoms with Crippen LogP contribution < -0.4 is 0 Å². The molecule has 0 aliphatic rings. The number of rotatable bonds is 5. The topological polar surface area (TPSA) is 163 Å². The Hall–Kier alpha value is -2.47. The van der Waals surface area contributed by atoms with Crippen molar-refractivity contribution in [1.82, 2.24) is 0 Å². The number of benzene rings is 1. The van der Waals surface area contributed by atoms with Gasteiger partial charge in [-0.05, 0) is 12.8 Å². The Morgan fingerprint density at radius 2 is 1.29 bits per heavy atom. The molecule has 1 atom stereocenters. The average molecular weight is 516 g/mol. The summed E-state index contributed by atoms with van der Waals surface area (Å²) in [6, 6.07) is 8.96. The predicted molar refractivity (Wildman–Crippen MR) is 88.2 cm³/mol. The molecule has 1 rings (SSSR count). The zero-order chi connectivity index (χ0) is 24.5. The Morgan fingerprint density at radius 1 is 0.903 bits per heavy atom. The maximum Gasteiger partial charge on any atom is 0 e. The zero-order valence-corrected chi connectivity index (χ0v) is 17.9. The quantitative estimate of drug-likeness (QED) is 0.192. The molecule has 1 aromatic carbocycles. The first-order valence-electron chi connectivity index (χ1n) is 6.65. The van der Waals surface area contributed by atoms with E-state index < -0.39 is 6.10 Å². The normalized spacial score (nSPS) is 6.48. The molecular formula is C20H14Co2O9. The van der Waals surface area contributed by atoms with Gasteiger partial charge in [0, 0.05) is 52.1 Å². The van der Waals surface area contributed by atoms with Crippen molar-refractivity contribution in [2.75, 3.05) is 6.61 Å². The third-order valence-electron chi connectivity index (χ3n) is 2.14. The minimum atomic E-state index is -0.516. The van der Waals surface area contributed by atoms with Gasteiger partial charge < -0.3 is 4.74 Å². The number of hydrogen-bond acceptors (Lipinski definition) is 3. The number of carbonyl (C=O) groups excluding carboxylic acids is 2. The molecule has 9 nitrogen and oxygen atoms in total. The second kappa shape index (κ2) is 63.1. The molecule has 0 saturated carbocycles. The van der Waals surface area contributed by atoms with E-state index in [4.69, 9.17) is 32.6 Å². The number of aldehydes is 1. The van der Waals surface area contributed by atoms with Gasteiger partial charge in [-0.3, -0.25) is 9.59 Å². The van der Waals surface area contributed by atoms with Gasteiger partial charge in [0.15, 0.2) is 12.1 Å². The molecule has 0 heterocycles. The summed E-state index contributed by atoms with van der Waals surface area (Å²) >= 11 is 0. The molecule has 0 aromatic heterocycles. The molecule has 0 N–H and O–H groups in total. The van der Waals surface area contributed by atoms with Crippen LogP contribution >= 0.6 is 0 Å². The van der Waals surface area contributed by atoms with E-state index >= 15 is 0 Å². The Bertz CT molecular complexity index is 633. The van der Waals surface area contributed by atoms with Gasteiger partial charge in [-0.25, -0.2) is 0 Å². The monoisotopic (exact) mass is 516 g/mol. The number of Topliss-reactive ketones (excluding diaryl/α,β-unsaturated/α-hetero) is 1. The second-order valence-corrected chi connectivity index (χ2v) is 3.34. The fourth-order valence-corrected chi connectivity index (χ4v) is 1.39. The smallest absolute Gasteiger partial charge is 0 e. The van der Waals surface area contributed by atoms with E-state index in [1.54, 1.807) is 24.3 Å². The first-order chi connectivity index (χ1) is 14.3. The van der Waals surface area contributed by atoms with Crippen LogP contribution in [0.4, 0.5) is 0 Å². The van der Waals surface area contributed by atoms with Crippen LogP contribution in [0.15, 0.2) is 30.3 Å². The van der Waals surface area contributed by atoms with E-state index in [2.05, 4.69) is 51.7 Å². The predicted octanol–water partition coefficient (Wildman–Crippen LogP) is 1.64. The molecule has 0 aliphatic heterocycles. The van der Waals surface area contributed by atoms with Gasteiger partial charge in [-0.2, -0.15) is 0 Å². The molecule has 0 aliphatic carbocycles. The van der Waals surface area contributed by atoms with Gasteiger partial charge in [0.25, 0.3) is 0 Å². The Morgan fingerprint density at radius 3 is 1.61 bits per heavy atom. The Kier molecular flexibility index (Phi) is 104. The zero-order valence-electron chi connectivity index (χ0n) is 15.8. The van der Waals surface area contributed by atoms with Crippen molar-refractivity contribution in [3.8, 4) is 11.8 Å². The van der Waals surface area contributed by atoms with Crippen LogP contribution in [0.3, 0.4) is 0 Å². The molecule has 0 amide bonds. The summed E-state index contributed by atoms with van der Waals surface area (Å²) in [6.07, 6.45) is 0.149.